The van der Waals surface area contributed by atoms with Crippen LogP contribution in [0.2, 0.25) is 5.02 Å². The van der Waals surface area contributed by atoms with Crippen LogP contribution in [0.3, 0.4) is 0 Å². The topological polar surface area (TPSA) is 183 Å². The second-order valence-electron chi connectivity index (χ2n) is 19.6. The minimum Gasteiger partial charge on any atom is -0.491 e. The van der Waals surface area contributed by atoms with Crippen LogP contribution < -0.4 is 25.4 Å². The molecule has 5 aliphatic rings. The van der Waals surface area contributed by atoms with Gasteiger partial charge in [-0.1, -0.05) is 38.4 Å². The van der Waals surface area contributed by atoms with Crippen molar-refractivity contribution in [2.75, 3.05) is 52.3 Å². The number of ether oxygens (including phenoxy) is 5. The molecule has 2 aliphatic heterocycles. The number of hydrogen-bond donors (Lipinski definition) is 3. The van der Waals surface area contributed by atoms with Crippen LogP contribution in [-0.2, 0) is 28.6 Å². The van der Waals surface area contributed by atoms with Gasteiger partial charge in [0.2, 0.25) is 11.8 Å². The number of pyridine rings is 1. The summed E-state index contributed by atoms with van der Waals surface area (Å²) in [5, 5.41) is 12.7. The predicted octanol–water partition coefficient (Wildman–Crippen LogP) is 6.45. The zero-order chi connectivity index (χ0) is 46.4. The highest BCUT2D eigenvalue weighted by atomic mass is 35.5. The van der Waals surface area contributed by atoms with Gasteiger partial charge in [0.05, 0.1) is 31.0 Å². The number of fused-ring (bicyclic) bond motifs is 2. The second-order valence-corrected chi connectivity index (χ2v) is 20.8. The summed E-state index contributed by atoms with van der Waals surface area (Å²) in [6.07, 6.45) is 4.40. The lowest BCUT2D eigenvalue weighted by Crippen LogP contribution is -2.59. The van der Waals surface area contributed by atoms with E-state index in [9.17, 15) is 19.2 Å². The van der Waals surface area contributed by atoms with Crippen molar-refractivity contribution in [3.05, 3.63) is 41.3 Å². The molecule has 2 aromatic heterocycles. The monoisotopic (exact) mass is 935 g/mol. The average Bonchev–Trinajstić information content (AvgIpc) is 3.74. The Morgan fingerprint density at radius 2 is 1.78 bits per heavy atom. The van der Waals surface area contributed by atoms with Crippen molar-refractivity contribution < 1.29 is 42.9 Å². The fourth-order valence-electron chi connectivity index (χ4n) is 9.65. The third-order valence-corrected chi connectivity index (χ3v) is 14.6. The molecule has 18 heteroatoms. The zero-order valence-electron chi connectivity index (χ0n) is 38.3. The minimum absolute atomic E-state index is 0.0179. The maximum atomic E-state index is 14.9. The van der Waals surface area contributed by atoms with Crippen LogP contribution >= 0.6 is 22.9 Å². The molecule has 3 N–H and O–H groups in total. The van der Waals surface area contributed by atoms with Crippen LogP contribution in [0.4, 0.5) is 9.93 Å². The van der Waals surface area contributed by atoms with Gasteiger partial charge in [-0.3, -0.25) is 14.5 Å². The number of aromatic nitrogens is 2. The number of anilines is 1. The molecule has 3 aliphatic carbocycles. The van der Waals surface area contributed by atoms with Crippen molar-refractivity contribution in [1.29, 1.82) is 0 Å². The molecule has 0 bridgehead atoms. The molecule has 8 rings (SSSR count). The minimum atomic E-state index is -1.31. The first-order valence-electron chi connectivity index (χ1n) is 22.7. The van der Waals surface area contributed by atoms with E-state index in [1.54, 1.807) is 25.3 Å². The highest BCUT2D eigenvalue weighted by molar-refractivity contribution is 7.14. The number of carbonyl (C=O) groups is 4. The fourth-order valence-corrected chi connectivity index (χ4v) is 10.8. The number of carbonyl (C=O) groups excluding carboxylic acids is 4. The van der Waals surface area contributed by atoms with E-state index < -0.39 is 53.0 Å². The van der Waals surface area contributed by atoms with Gasteiger partial charge in [-0.25, -0.2) is 19.6 Å². The third-order valence-electron chi connectivity index (χ3n) is 13.4. The Morgan fingerprint density at radius 3 is 2.45 bits per heavy atom. The normalized spacial score (nSPS) is 27.5. The van der Waals surface area contributed by atoms with E-state index in [0.29, 0.717) is 70.2 Å². The number of nitrogens with one attached hydrogen (secondary N) is 3. The number of benzene rings is 1. The Labute approximate surface area is 389 Å². The number of nitrogens with zero attached hydrogens (tertiary/aromatic N) is 4. The number of hydrogen-bond acceptors (Lipinski definition) is 14. The quantitative estimate of drug-likeness (QED) is 0.0993. The standard InChI is InChI=1S/C47H62ClN7O9S/c1-9-28-21-47(28,43(58)61-8)53-41(56)35-19-31(23-55(35)42(57)40(46(4,5)6)52-45(59)64-30-17-26-16-27(26)18-30)63-37-20-33(34-24-65-44(51-34)49-25(2)3)50-39-32(37)10-11-36(38(39)48)62-15-14-54-13-12-29(22-54)60-7/h9-11,20,24-31,35,40H,1,12-19,21-23H2,2-8H3,(H,49,51)(H,52,59)(H,53,56)/t26-,27+,28-,29-,30+,31-,35+,40-,47?/m1/s1. The summed E-state index contributed by atoms with van der Waals surface area (Å²) < 4.78 is 29.6. The molecule has 352 valence electrons. The highest BCUT2D eigenvalue weighted by Crippen LogP contribution is 2.52. The number of likely N-dealkylation sites (tertiary alicyclic amines) is 2. The first-order chi connectivity index (χ1) is 31.0. The van der Waals surface area contributed by atoms with E-state index in [0.717, 1.165) is 37.5 Å². The van der Waals surface area contributed by atoms with Crippen molar-refractivity contribution >= 4 is 62.8 Å². The SMILES string of the molecule is C=C[C@@H]1CC1(NC(=O)[C@@H]1C[C@@H](Oc2cc(-c3csc(NC(C)C)n3)nc3c(Cl)c(OCCN4CC[C@@H](OC)C4)ccc23)CN1C(=O)[C@@H](NC(=O)O[C@@H]1C[C@@H]2C[C@@H]2C1)C(C)(C)C)C(=O)OC. The van der Waals surface area contributed by atoms with Crippen molar-refractivity contribution in [3.63, 3.8) is 0 Å². The number of halogens is 1. The highest BCUT2D eigenvalue weighted by Gasteiger charge is 2.62. The summed E-state index contributed by atoms with van der Waals surface area (Å²) in [5.74, 6) is 0.105. The first kappa shape index (κ1) is 46.8. The van der Waals surface area contributed by atoms with Crippen molar-refractivity contribution in [2.24, 2.45) is 23.2 Å². The summed E-state index contributed by atoms with van der Waals surface area (Å²) in [6, 6.07) is 3.44. The van der Waals surface area contributed by atoms with Gasteiger partial charge >= 0.3 is 12.1 Å². The maximum Gasteiger partial charge on any atom is 0.408 e. The molecule has 65 heavy (non-hydrogen) atoms. The van der Waals surface area contributed by atoms with E-state index >= 15 is 0 Å². The summed E-state index contributed by atoms with van der Waals surface area (Å²) in [6.45, 7) is 16.3. The van der Waals surface area contributed by atoms with Gasteiger partial charge in [-0.2, -0.15) is 0 Å². The summed E-state index contributed by atoms with van der Waals surface area (Å²) in [7, 11) is 3.00. The number of thiazole rings is 1. The van der Waals surface area contributed by atoms with E-state index in [4.69, 9.17) is 45.3 Å². The Bertz CT molecular complexity index is 2290. The summed E-state index contributed by atoms with van der Waals surface area (Å²) in [5.41, 5.74) is -0.552. The molecule has 3 amide bonds. The summed E-state index contributed by atoms with van der Waals surface area (Å²) >= 11 is 8.59. The Morgan fingerprint density at radius 1 is 1.02 bits per heavy atom. The van der Waals surface area contributed by atoms with Crippen LogP contribution in [0, 0.1) is 23.2 Å². The van der Waals surface area contributed by atoms with Gasteiger partial charge in [0, 0.05) is 62.0 Å². The zero-order valence-corrected chi connectivity index (χ0v) is 39.9. The summed E-state index contributed by atoms with van der Waals surface area (Å²) in [4.78, 5) is 69.4. The van der Waals surface area contributed by atoms with Gasteiger partial charge < -0.3 is 44.5 Å². The lowest BCUT2D eigenvalue weighted by Gasteiger charge is -2.35. The van der Waals surface area contributed by atoms with Crippen LogP contribution in [0.25, 0.3) is 22.3 Å². The first-order valence-corrected chi connectivity index (χ1v) is 24.0. The lowest BCUT2D eigenvalue weighted by molar-refractivity contribution is -0.148. The Kier molecular flexibility index (Phi) is 13.6. The van der Waals surface area contributed by atoms with E-state index in [2.05, 4.69) is 27.4 Å². The Balaban J connectivity index is 1.09. The molecule has 2 saturated heterocycles. The molecule has 3 saturated carbocycles. The van der Waals surface area contributed by atoms with Crippen LogP contribution in [-0.4, -0.2) is 133 Å². The molecular weight excluding hydrogens is 874 g/mol. The second kappa shape index (κ2) is 18.9. The number of amides is 3. The van der Waals surface area contributed by atoms with E-state index in [-0.39, 0.29) is 37.1 Å². The molecular formula is C47H62ClN7O9S. The van der Waals surface area contributed by atoms with E-state index in [1.165, 1.54) is 29.8 Å². The number of methoxy groups -OCH3 is 2. The van der Waals surface area contributed by atoms with Gasteiger partial charge in [-0.15, -0.1) is 17.9 Å². The van der Waals surface area contributed by atoms with Crippen molar-refractivity contribution in [3.8, 4) is 22.9 Å². The van der Waals surface area contributed by atoms with E-state index in [1.807, 2.05) is 46.1 Å². The lowest BCUT2D eigenvalue weighted by atomic mass is 9.85. The van der Waals surface area contributed by atoms with Crippen molar-refractivity contribution in [1.82, 2.24) is 30.4 Å². The van der Waals surface area contributed by atoms with Crippen LogP contribution in [0.1, 0.15) is 73.1 Å². The number of alkyl carbamates (subject to hydrolysis) is 1. The average molecular weight is 937 g/mol. The molecule has 1 unspecified atom stereocenters. The largest absolute Gasteiger partial charge is 0.491 e. The van der Waals surface area contributed by atoms with Crippen LogP contribution in [0.5, 0.6) is 11.5 Å². The molecule has 1 aromatic carbocycles. The van der Waals surface area contributed by atoms with Gasteiger partial charge in [0.1, 0.15) is 58.7 Å². The molecule has 9 atom stereocenters. The third kappa shape index (κ3) is 10.2. The Hall–Kier alpha value is -4.71. The van der Waals surface area contributed by atoms with Crippen molar-refractivity contribution in [2.45, 2.75) is 115 Å². The molecule has 5 fully saturated rings. The van der Waals surface area contributed by atoms with Gasteiger partial charge in [0.15, 0.2) is 5.13 Å². The molecule has 0 spiro atoms. The number of esters is 1. The predicted molar refractivity (Wildman–Crippen MR) is 247 cm³/mol. The van der Waals surface area contributed by atoms with Crippen LogP contribution in [0.15, 0.2) is 36.2 Å². The molecule has 4 heterocycles. The number of rotatable bonds is 17. The molecule has 0 radical (unpaired) electrons. The fraction of sp³-hybridized carbons (Fsp3) is 0.617. The molecule has 3 aromatic rings. The van der Waals surface area contributed by atoms with Gasteiger partial charge in [0.25, 0.3) is 0 Å². The molecule has 16 nitrogen and oxygen atoms in total. The van der Waals surface area contributed by atoms with Gasteiger partial charge in [-0.05, 0) is 75.3 Å². The maximum absolute atomic E-state index is 14.9. The smallest absolute Gasteiger partial charge is 0.408 e.